The number of ether oxygens (including phenoxy) is 2. The summed E-state index contributed by atoms with van der Waals surface area (Å²) in [7, 11) is -0.789. The van der Waals surface area contributed by atoms with Crippen molar-refractivity contribution in [2.75, 3.05) is 33.6 Å². The first-order valence-corrected chi connectivity index (χ1v) is 12.5. The van der Waals surface area contributed by atoms with Gasteiger partial charge in [0.1, 0.15) is 0 Å². The first-order chi connectivity index (χ1) is 15.7. The van der Waals surface area contributed by atoms with Crippen LogP contribution in [-0.4, -0.2) is 68.3 Å². The van der Waals surface area contributed by atoms with Crippen LogP contribution in [0.5, 0.6) is 0 Å². The highest BCUT2D eigenvalue weighted by molar-refractivity contribution is 7.53. The van der Waals surface area contributed by atoms with E-state index in [-0.39, 0.29) is 49.8 Å². The quantitative estimate of drug-likeness (QED) is 0.180. The van der Waals surface area contributed by atoms with Crippen molar-refractivity contribution in [1.82, 2.24) is 4.90 Å². The molecule has 11 heteroatoms. The largest absolute Gasteiger partial charge is 0.465 e. The minimum Gasteiger partial charge on any atom is -0.465 e. The summed E-state index contributed by atoms with van der Waals surface area (Å²) < 4.78 is 32.4. The van der Waals surface area contributed by atoms with E-state index >= 15 is 0 Å². The van der Waals surface area contributed by atoms with Gasteiger partial charge >= 0.3 is 19.5 Å². The van der Waals surface area contributed by atoms with Gasteiger partial charge in [0.05, 0.1) is 30.5 Å². The molecule has 1 unspecified atom stereocenters. The van der Waals surface area contributed by atoms with Crippen LogP contribution in [0.4, 0.5) is 0 Å². The topological polar surface area (TPSA) is 126 Å². The number of imide groups is 1. The molecule has 33 heavy (non-hydrogen) atoms. The van der Waals surface area contributed by atoms with E-state index in [4.69, 9.17) is 18.5 Å². The molecule has 1 aromatic carbocycles. The van der Waals surface area contributed by atoms with Gasteiger partial charge in [0.15, 0.2) is 5.92 Å². The fourth-order valence-corrected chi connectivity index (χ4v) is 4.80. The highest BCUT2D eigenvalue weighted by Crippen LogP contribution is 2.47. The Bertz CT molecular complexity index is 871. The van der Waals surface area contributed by atoms with Crippen LogP contribution in [0.2, 0.25) is 0 Å². The fraction of sp³-hybridized carbons (Fsp3) is 0.545. The van der Waals surface area contributed by atoms with Crippen molar-refractivity contribution in [2.45, 2.75) is 39.2 Å². The first-order valence-electron chi connectivity index (χ1n) is 10.7. The van der Waals surface area contributed by atoms with Crippen LogP contribution < -0.4 is 0 Å². The predicted octanol–water partition coefficient (Wildman–Crippen LogP) is 3.05. The molecule has 2 rings (SSSR count). The highest BCUT2D eigenvalue weighted by atomic mass is 31.2. The zero-order valence-corrected chi connectivity index (χ0v) is 20.2. The van der Waals surface area contributed by atoms with Gasteiger partial charge in [-0.3, -0.25) is 28.6 Å². The minimum absolute atomic E-state index is 0.0309. The summed E-state index contributed by atoms with van der Waals surface area (Å²) >= 11 is 0. The Labute approximate surface area is 193 Å². The standard InChI is InChI=1S/C22H30NO9P/c1-5-31-21(26)18(22(27)32-6-2)14-15(10-9-13-33(28,29-3)30-4)23-19(24)16-11-7-8-12-17(16)20(23)25/h7-8,11-12,15,18H,5-6,9-10,13-14H2,1-4H3. The molecule has 1 aliphatic rings. The average Bonchev–Trinajstić information content (AvgIpc) is 3.06. The molecule has 1 aromatic rings. The van der Waals surface area contributed by atoms with E-state index in [0.717, 1.165) is 4.90 Å². The van der Waals surface area contributed by atoms with E-state index in [1.165, 1.54) is 14.2 Å². The van der Waals surface area contributed by atoms with Crippen LogP contribution in [0.25, 0.3) is 0 Å². The summed E-state index contributed by atoms with van der Waals surface area (Å²) in [5, 5.41) is 0. The van der Waals surface area contributed by atoms with Crippen LogP contribution in [-0.2, 0) is 32.7 Å². The number of rotatable bonds is 13. The average molecular weight is 483 g/mol. The van der Waals surface area contributed by atoms with Gasteiger partial charge in [0.2, 0.25) is 0 Å². The number of hydrogen-bond donors (Lipinski definition) is 0. The number of carbonyl (C=O) groups excluding carboxylic acids is 4. The lowest BCUT2D eigenvalue weighted by molar-refractivity contribution is -0.162. The van der Waals surface area contributed by atoms with Gasteiger partial charge in [0.25, 0.3) is 11.8 Å². The van der Waals surface area contributed by atoms with Crippen molar-refractivity contribution in [1.29, 1.82) is 0 Å². The molecule has 1 heterocycles. The SMILES string of the molecule is CCOC(=O)C(CC(CCCP(=O)(OC)OC)N1C(=O)c2ccccc2C1=O)C(=O)OCC. The Morgan fingerprint density at radius 2 is 1.42 bits per heavy atom. The molecule has 182 valence electrons. The van der Waals surface area contributed by atoms with Crippen LogP contribution in [0, 0.1) is 5.92 Å². The lowest BCUT2D eigenvalue weighted by Crippen LogP contribution is -2.43. The second kappa shape index (κ2) is 12.1. The van der Waals surface area contributed by atoms with E-state index < -0.39 is 43.3 Å². The van der Waals surface area contributed by atoms with Gasteiger partial charge in [-0.2, -0.15) is 0 Å². The van der Waals surface area contributed by atoms with Crippen molar-refractivity contribution in [3.63, 3.8) is 0 Å². The summed E-state index contributed by atoms with van der Waals surface area (Å²) in [6.07, 6.45) is 0.253. The molecular formula is C22H30NO9P. The Hall–Kier alpha value is -2.55. The number of amides is 2. The molecule has 0 fully saturated rings. The molecule has 1 aliphatic heterocycles. The van der Waals surface area contributed by atoms with Crippen molar-refractivity contribution in [3.8, 4) is 0 Å². The molecule has 0 spiro atoms. The van der Waals surface area contributed by atoms with Gasteiger partial charge in [0, 0.05) is 20.3 Å². The minimum atomic E-state index is -3.32. The molecule has 0 radical (unpaired) electrons. The summed E-state index contributed by atoms with van der Waals surface area (Å²) in [5.41, 5.74) is 0.492. The van der Waals surface area contributed by atoms with Crippen LogP contribution >= 0.6 is 7.60 Å². The van der Waals surface area contributed by atoms with Crippen LogP contribution in [0.15, 0.2) is 24.3 Å². The van der Waals surface area contributed by atoms with Crippen molar-refractivity contribution < 1.29 is 42.3 Å². The summed E-state index contributed by atoms with van der Waals surface area (Å²) in [5.74, 6) is -3.95. The normalized spacial score (nSPS) is 14.4. The number of nitrogens with zero attached hydrogens (tertiary/aromatic N) is 1. The lowest BCUT2D eigenvalue weighted by Gasteiger charge is -2.29. The molecule has 0 saturated heterocycles. The van der Waals surface area contributed by atoms with E-state index in [2.05, 4.69) is 0 Å². The molecule has 2 amide bonds. The van der Waals surface area contributed by atoms with E-state index in [1.807, 2.05) is 0 Å². The molecule has 0 N–H and O–H groups in total. The Kier molecular flexibility index (Phi) is 9.76. The number of fused-ring (bicyclic) bond motifs is 1. The van der Waals surface area contributed by atoms with Crippen LogP contribution in [0.1, 0.15) is 53.8 Å². The monoisotopic (exact) mass is 483 g/mol. The molecule has 1 atom stereocenters. The van der Waals surface area contributed by atoms with Gasteiger partial charge in [-0.1, -0.05) is 12.1 Å². The second-order valence-corrected chi connectivity index (χ2v) is 9.71. The van der Waals surface area contributed by atoms with Crippen molar-refractivity contribution >= 4 is 31.3 Å². The summed E-state index contributed by atoms with van der Waals surface area (Å²) in [6.45, 7) is 3.32. The maximum Gasteiger partial charge on any atom is 0.330 e. The molecular weight excluding hydrogens is 453 g/mol. The van der Waals surface area contributed by atoms with Crippen molar-refractivity contribution in [3.05, 3.63) is 35.4 Å². The van der Waals surface area contributed by atoms with Gasteiger partial charge < -0.3 is 18.5 Å². The van der Waals surface area contributed by atoms with Gasteiger partial charge in [-0.15, -0.1) is 0 Å². The molecule has 0 aliphatic carbocycles. The third-order valence-electron chi connectivity index (χ3n) is 5.37. The maximum atomic E-state index is 13.1. The first kappa shape index (κ1) is 26.7. The molecule has 0 bridgehead atoms. The Balaban J connectivity index is 2.34. The summed E-state index contributed by atoms with van der Waals surface area (Å²) in [4.78, 5) is 52.2. The number of hydrogen-bond acceptors (Lipinski definition) is 9. The van der Waals surface area contributed by atoms with E-state index in [1.54, 1.807) is 38.1 Å². The smallest absolute Gasteiger partial charge is 0.330 e. The van der Waals surface area contributed by atoms with E-state index in [0.29, 0.717) is 0 Å². The zero-order valence-electron chi connectivity index (χ0n) is 19.3. The van der Waals surface area contributed by atoms with Crippen molar-refractivity contribution in [2.24, 2.45) is 5.92 Å². The summed E-state index contributed by atoms with van der Waals surface area (Å²) in [6, 6.07) is 5.54. The lowest BCUT2D eigenvalue weighted by atomic mass is 9.95. The zero-order chi connectivity index (χ0) is 24.6. The second-order valence-electron chi connectivity index (χ2n) is 7.31. The number of esters is 2. The Morgan fingerprint density at radius 1 is 0.939 bits per heavy atom. The highest BCUT2D eigenvalue weighted by Gasteiger charge is 2.43. The van der Waals surface area contributed by atoms with Gasteiger partial charge in [-0.25, -0.2) is 0 Å². The maximum absolute atomic E-state index is 13.1. The molecule has 0 saturated carbocycles. The van der Waals surface area contributed by atoms with Crippen LogP contribution in [0.3, 0.4) is 0 Å². The number of carbonyl (C=O) groups is 4. The van der Waals surface area contributed by atoms with E-state index in [9.17, 15) is 23.7 Å². The van der Waals surface area contributed by atoms with Gasteiger partial charge in [-0.05, 0) is 45.2 Å². The third-order valence-corrected chi connectivity index (χ3v) is 7.34. The fourth-order valence-electron chi connectivity index (χ4n) is 3.72. The molecule has 10 nitrogen and oxygen atoms in total. The number of benzene rings is 1. The third kappa shape index (κ3) is 6.28. The Morgan fingerprint density at radius 3 is 1.85 bits per heavy atom. The molecule has 0 aromatic heterocycles. The predicted molar refractivity (Wildman–Crippen MR) is 118 cm³/mol.